The number of amides is 1. The van der Waals surface area contributed by atoms with Gasteiger partial charge in [-0.15, -0.1) is 0 Å². The fourth-order valence-corrected chi connectivity index (χ4v) is 2.58. The molecule has 0 aromatic carbocycles. The smallest absolute Gasteiger partial charge is 0.258 e. The maximum Gasteiger partial charge on any atom is 0.258 e. The summed E-state index contributed by atoms with van der Waals surface area (Å²) in [6.45, 7) is 4.16. The van der Waals surface area contributed by atoms with Gasteiger partial charge in [0.25, 0.3) is 11.6 Å². The van der Waals surface area contributed by atoms with Crippen LogP contribution in [0.2, 0.25) is 0 Å². The molecule has 7 heteroatoms. The minimum atomic E-state index is -0.205. The van der Waals surface area contributed by atoms with E-state index < -0.39 is 0 Å². The molecule has 7 nitrogen and oxygen atoms in total. The first kappa shape index (κ1) is 15.7. The van der Waals surface area contributed by atoms with Crippen molar-refractivity contribution in [2.45, 2.75) is 26.8 Å². The Morgan fingerprint density at radius 3 is 2.96 bits per heavy atom. The van der Waals surface area contributed by atoms with Crippen LogP contribution in [-0.4, -0.2) is 27.5 Å². The molecular weight excluding hydrogens is 308 g/mol. The van der Waals surface area contributed by atoms with Gasteiger partial charge in [-0.2, -0.15) is 5.26 Å². The van der Waals surface area contributed by atoms with Gasteiger partial charge in [-0.1, -0.05) is 5.16 Å². The third kappa shape index (κ3) is 2.99. The van der Waals surface area contributed by atoms with Crippen LogP contribution in [0.1, 0.15) is 33.9 Å². The van der Waals surface area contributed by atoms with Crippen LogP contribution in [0.4, 0.5) is 0 Å². The summed E-state index contributed by atoms with van der Waals surface area (Å²) in [4.78, 5) is 18.9. The summed E-state index contributed by atoms with van der Waals surface area (Å²) < 4.78 is 10.5. The first-order chi connectivity index (χ1) is 11.6. The third-order valence-electron chi connectivity index (χ3n) is 3.68. The van der Waals surface area contributed by atoms with E-state index in [0.29, 0.717) is 46.9 Å². The van der Waals surface area contributed by atoms with Crippen LogP contribution in [0.15, 0.2) is 33.4 Å². The quantitative estimate of drug-likeness (QED) is 0.716. The van der Waals surface area contributed by atoms with Crippen molar-refractivity contribution in [3.8, 4) is 6.07 Å². The molecule has 3 aromatic rings. The molecule has 0 saturated heterocycles. The van der Waals surface area contributed by atoms with Gasteiger partial charge in [-0.05, 0) is 32.0 Å². The lowest BCUT2D eigenvalue weighted by molar-refractivity contribution is 0.0737. The first-order valence-electron chi connectivity index (χ1n) is 7.52. The van der Waals surface area contributed by atoms with Crippen molar-refractivity contribution in [2.75, 3.05) is 6.54 Å². The van der Waals surface area contributed by atoms with Gasteiger partial charge in [-0.25, -0.2) is 4.98 Å². The molecule has 1 amide bonds. The molecule has 0 unspecified atom stereocenters. The third-order valence-corrected chi connectivity index (χ3v) is 3.68. The van der Waals surface area contributed by atoms with Crippen LogP contribution in [0, 0.1) is 25.2 Å². The highest BCUT2D eigenvalue weighted by Gasteiger charge is 2.23. The monoisotopic (exact) mass is 324 g/mol. The lowest BCUT2D eigenvalue weighted by Gasteiger charge is -2.21. The number of nitriles is 1. The van der Waals surface area contributed by atoms with E-state index in [1.807, 2.05) is 0 Å². The topological polar surface area (TPSA) is 96.2 Å². The lowest BCUT2D eigenvalue weighted by atomic mass is 10.1. The SMILES string of the molecule is Cc1cc(C(=O)N(CCC#N)Cc2ccco2)c2c(C)noc2n1. The number of rotatable bonds is 5. The Hall–Kier alpha value is -3.14. The molecule has 0 aliphatic rings. The van der Waals surface area contributed by atoms with Crippen molar-refractivity contribution in [1.82, 2.24) is 15.0 Å². The van der Waals surface area contributed by atoms with Crippen molar-refractivity contribution in [3.63, 3.8) is 0 Å². The number of hydrogen-bond acceptors (Lipinski definition) is 6. The second-order valence-electron chi connectivity index (χ2n) is 5.47. The van der Waals surface area contributed by atoms with Gasteiger partial charge in [0.1, 0.15) is 5.76 Å². The van der Waals surface area contributed by atoms with Crippen LogP contribution in [0.5, 0.6) is 0 Å². The van der Waals surface area contributed by atoms with Crippen LogP contribution in [-0.2, 0) is 6.54 Å². The molecule has 0 aliphatic carbocycles. The molecule has 3 heterocycles. The van der Waals surface area contributed by atoms with E-state index in [4.69, 9.17) is 14.2 Å². The zero-order valence-electron chi connectivity index (χ0n) is 13.4. The maximum absolute atomic E-state index is 13.1. The van der Waals surface area contributed by atoms with E-state index in [1.54, 1.807) is 43.2 Å². The van der Waals surface area contributed by atoms with E-state index in [1.165, 1.54) is 0 Å². The number of aryl methyl sites for hydroxylation is 2. The Morgan fingerprint density at radius 1 is 1.42 bits per heavy atom. The number of pyridine rings is 1. The summed E-state index contributed by atoms with van der Waals surface area (Å²) in [7, 11) is 0. The number of aromatic nitrogens is 2. The van der Waals surface area contributed by atoms with Crippen molar-refractivity contribution in [1.29, 1.82) is 5.26 Å². The van der Waals surface area contributed by atoms with Gasteiger partial charge >= 0.3 is 0 Å². The molecule has 3 rings (SSSR count). The molecule has 0 saturated carbocycles. The van der Waals surface area contributed by atoms with E-state index >= 15 is 0 Å². The van der Waals surface area contributed by atoms with Crippen LogP contribution in [0.25, 0.3) is 11.1 Å². The highest BCUT2D eigenvalue weighted by Crippen LogP contribution is 2.24. The normalized spacial score (nSPS) is 10.7. The Balaban J connectivity index is 2.00. The maximum atomic E-state index is 13.1. The largest absolute Gasteiger partial charge is 0.467 e. The molecular formula is C17H16N4O3. The summed E-state index contributed by atoms with van der Waals surface area (Å²) in [5.74, 6) is 0.453. The predicted octanol–water partition coefficient (Wildman–Crippen LogP) is 2.99. The second kappa shape index (κ2) is 6.54. The van der Waals surface area contributed by atoms with Crippen LogP contribution in [0.3, 0.4) is 0 Å². The molecule has 3 aromatic heterocycles. The molecule has 122 valence electrons. The molecule has 0 radical (unpaired) electrons. The van der Waals surface area contributed by atoms with Gasteiger partial charge < -0.3 is 13.8 Å². The number of fused-ring (bicyclic) bond motifs is 1. The predicted molar refractivity (Wildman–Crippen MR) is 85.0 cm³/mol. The number of carbonyl (C=O) groups is 1. The minimum Gasteiger partial charge on any atom is -0.467 e. The Kier molecular flexibility index (Phi) is 4.29. The van der Waals surface area contributed by atoms with Gasteiger partial charge in [0, 0.05) is 12.2 Å². The molecule has 0 N–H and O–H groups in total. The Labute approximate surface area is 138 Å². The van der Waals surface area contributed by atoms with Crippen LogP contribution < -0.4 is 0 Å². The minimum absolute atomic E-state index is 0.205. The molecule has 0 aliphatic heterocycles. The number of furan rings is 1. The number of hydrogen-bond donors (Lipinski definition) is 0. The first-order valence-corrected chi connectivity index (χ1v) is 7.52. The average Bonchev–Trinajstić information content (AvgIpc) is 3.20. The fourth-order valence-electron chi connectivity index (χ4n) is 2.58. The number of nitrogens with zero attached hydrogens (tertiary/aromatic N) is 4. The van der Waals surface area contributed by atoms with Crippen LogP contribution >= 0.6 is 0 Å². The fraction of sp³-hybridized carbons (Fsp3) is 0.294. The van der Waals surface area contributed by atoms with Gasteiger partial charge in [0.15, 0.2) is 0 Å². The molecule has 0 spiro atoms. The Morgan fingerprint density at radius 2 is 2.25 bits per heavy atom. The summed E-state index contributed by atoms with van der Waals surface area (Å²) in [5.41, 5.74) is 2.09. The molecule has 0 bridgehead atoms. The zero-order valence-corrected chi connectivity index (χ0v) is 13.4. The van der Waals surface area contributed by atoms with E-state index in [-0.39, 0.29) is 12.3 Å². The molecule has 0 fully saturated rings. The van der Waals surface area contributed by atoms with Crippen molar-refractivity contribution in [2.24, 2.45) is 0 Å². The molecule has 0 atom stereocenters. The lowest BCUT2D eigenvalue weighted by Crippen LogP contribution is -2.31. The second-order valence-corrected chi connectivity index (χ2v) is 5.47. The summed E-state index contributed by atoms with van der Waals surface area (Å²) in [5, 5.41) is 13.4. The van der Waals surface area contributed by atoms with Crippen molar-refractivity contribution < 1.29 is 13.7 Å². The number of carbonyl (C=O) groups excluding carboxylic acids is 1. The summed E-state index contributed by atoms with van der Waals surface area (Å²) >= 11 is 0. The summed E-state index contributed by atoms with van der Waals surface area (Å²) in [6.07, 6.45) is 1.80. The Bertz CT molecular complexity index is 906. The van der Waals surface area contributed by atoms with E-state index in [2.05, 4.69) is 16.2 Å². The highest BCUT2D eigenvalue weighted by molar-refractivity contribution is 6.06. The summed E-state index contributed by atoms with van der Waals surface area (Å²) in [6, 6.07) is 7.35. The van der Waals surface area contributed by atoms with Gasteiger partial charge in [0.2, 0.25) is 0 Å². The van der Waals surface area contributed by atoms with Crippen molar-refractivity contribution in [3.05, 3.63) is 47.2 Å². The van der Waals surface area contributed by atoms with Gasteiger partial charge in [0.05, 0.1) is 41.9 Å². The average molecular weight is 324 g/mol. The standard InChI is InChI=1S/C17H16N4O3/c1-11-9-14(15-12(2)20-24-16(15)19-11)17(22)21(7-4-6-18)10-13-5-3-8-23-13/h3,5,8-9H,4,7,10H2,1-2H3. The molecule has 24 heavy (non-hydrogen) atoms. The zero-order chi connectivity index (χ0) is 17.1. The van der Waals surface area contributed by atoms with E-state index in [9.17, 15) is 4.79 Å². The highest BCUT2D eigenvalue weighted by atomic mass is 16.5. The van der Waals surface area contributed by atoms with E-state index in [0.717, 1.165) is 0 Å². The van der Waals surface area contributed by atoms with Crippen molar-refractivity contribution >= 4 is 17.0 Å². The van der Waals surface area contributed by atoms with Gasteiger partial charge in [-0.3, -0.25) is 4.79 Å².